The summed E-state index contributed by atoms with van der Waals surface area (Å²) in [6.07, 6.45) is 3.32. The summed E-state index contributed by atoms with van der Waals surface area (Å²) in [6.45, 7) is 4.75. The van der Waals surface area contributed by atoms with E-state index in [4.69, 9.17) is 20.1 Å². The molecule has 8 nitrogen and oxygen atoms in total. The highest BCUT2D eigenvalue weighted by molar-refractivity contribution is 5.87. The topological polar surface area (TPSA) is 87.7 Å². The van der Waals surface area contributed by atoms with Crippen molar-refractivity contribution < 1.29 is 9.53 Å². The summed E-state index contributed by atoms with van der Waals surface area (Å²) in [6, 6.07) is 47.5. The lowest BCUT2D eigenvalue weighted by Gasteiger charge is -2.34. The van der Waals surface area contributed by atoms with E-state index >= 15 is 0 Å². The third-order valence-electron chi connectivity index (χ3n) is 8.96. The number of esters is 1. The van der Waals surface area contributed by atoms with Gasteiger partial charge in [-0.2, -0.15) is 0 Å². The van der Waals surface area contributed by atoms with Crippen molar-refractivity contribution in [2.24, 2.45) is 0 Å². The fourth-order valence-corrected chi connectivity index (χ4v) is 6.63. The van der Waals surface area contributed by atoms with Crippen molar-refractivity contribution in [1.82, 2.24) is 29.8 Å². The number of benzene rings is 5. The van der Waals surface area contributed by atoms with E-state index in [2.05, 4.69) is 78.6 Å². The first-order valence-corrected chi connectivity index (χ1v) is 17.0. The Labute approximate surface area is 292 Å². The molecule has 0 saturated heterocycles. The van der Waals surface area contributed by atoms with Crippen LogP contribution in [0.15, 0.2) is 146 Å². The van der Waals surface area contributed by atoms with Gasteiger partial charge in [0.2, 0.25) is 5.82 Å². The molecule has 0 N–H and O–H groups in total. The van der Waals surface area contributed by atoms with Crippen molar-refractivity contribution in [2.75, 3.05) is 6.61 Å². The SMILES string of the molecule is CCCc1ncc(C(=O)OCC)n1Cc1ccc(-c2ccccc2-c2nnn(C(c3ccccc3)(c3ccccc3)c3ccccc3)n2)cc1. The third kappa shape index (κ3) is 6.12. The molecule has 0 fully saturated rings. The molecule has 7 rings (SSSR count). The van der Waals surface area contributed by atoms with Crippen LogP contribution >= 0.6 is 0 Å². The largest absolute Gasteiger partial charge is 0.461 e. The minimum absolute atomic E-state index is 0.315. The fourth-order valence-electron chi connectivity index (χ4n) is 6.63. The van der Waals surface area contributed by atoms with Gasteiger partial charge >= 0.3 is 5.97 Å². The molecule has 0 aliphatic rings. The summed E-state index contributed by atoms with van der Waals surface area (Å²) in [7, 11) is 0. The first-order chi connectivity index (χ1) is 24.6. The molecule has 0 aliphatic carbocycles. The van der Waals surface area contributed by atoms with Crippen LogP contribution in [0.3, 0.4) is 0 Å². The minimum atomic E-state index is -0.863. The summed E-state index contributed by atoms with van der Waals surface area (Å²) in [5.41, 5.74) is 6.61. The van der Waals surface area contributed by atoms with Crippen LogP contribution in [-0.2, 0) is 23.2 Å². The van der Waals surface area contributed by atoms with Crippen molar-refractivity contribution in [1.29, 1.82) is 0 Å². The average molecular weight is 659 g/mol. The zero-order valence-corrected chi connectivity index (χ0v) is 28.2. The molecule has 5 aromatic carbocycles. The van der Waals surface area contributed by atoms with Crippen LogP contribution < -0.4 is 0 Å². The van der Waals surface area contributed by atoms with Gasteiger partial charge in [-0.15, -0.1) is 15.0 Å². The predicted octanol–water partition coefficient (Wildman–Crippen LogP) is 8.22. The Hall–Kier alpha value is -6.15. The molecule has 7 aromatic rings. The number of imidazole rings is 1. The lowest BCUT2D eigenvalue weighted by Crippen LogP contribution is -2.39. The van der Waals surface area contributed by atoms with E-state index < -0.39 is 5.54 Å². The van der Waals surface area contributed by atoms with Gasteiger partial charge in [-0.25, -0.2) is 9.78 Å². The molecule has 8 heteroatoms. The molecule has 0 bridgehead atoms. The second-order valence-corrected chi connectivity index (χ2v) is 12.1. The van der Waals surface area contributed by atoms with Crippen LogP contribution in [-0.4, -0.2) is 42.3 Å². The number of aromatic nitrogens is 6. The molecule has 2 heterocycles. The van der Waals surface area contributed by atoms with Gasteiger partial charge in [0.15, 0.2) is 5.54 Å². The first-order valence-electron chi connectivity index (χ1n) is 17.0. The lowest BCUT2D eigenvalue weighted by molar-refractivity contribution is 0.0514. The van der Waals surface area contributed by atoms with Gasteiger partial charge < -0.3 is 9.30 Å². The van der Waals surface area contributed by atoms with Gasteiger partial charge in [-0.05, 0) is 51.9 Å². The van der Waals surface area contributed by atoms with Gasteiger partial charge in [0, 0.05) is 18.5 Å². The monoisotopic (exact) mass is 658 g/mol. The average Bonchev–Trinajstić information content (AvgIpc) is 3.82. The maximum Gasteiger partial charge on any atom is 0.356 e. The Bertz CT molecular complexity index is 2080. The molecule has 0 unspecified atom stereocenters. The minimum Gasteiger partial charge on any atom is -0.461 e. The van der Waals surface area contributed by atoms with E-state index in [-0.39, 0.29) is 5.97 Å². The standard InChI is InChI=1S/C42H38N6O2/c1-3-16-39-43-29-38(41(49)50-4-2)47(39)30-31-25-27-32(28-26-31)36-23-14-15-24-37(36)40-44-46-48(45-40)42(33-17-8-5-9-18-33,34-19-10-6-11-20-34)35-21-12-7-13-22-35/h5-15,17-29H,3-4,16,30H2,1-2H3. The molecule has 50 heavy (non-hydrogen) atoms. The maximum atomic E-state index is 12.7. The van der Waals surface area contributed by atoms with E-state index in [1.807, 2.05) is 84.3 Å². The lowest BCUT2D eigenvalue weighted by atomic mass is 9.77. The normalized spacial score (nSPS) is 11.4. The number of carbonyl (C=O) groups is 1. The van der Waals surface area contributed by atoms with Crippen molar-refractivity contribution in [3.8, 4) is 22.5 Å². The van der Waals surface area contributed by atoms with Crippen LogP contribution in [0.4, 0.5) is 0 Å². The highest BCUT2D eigenvalue weighted by Crippen LogP contribution is 2.40. The second-order valence-electron chi connectivity index (χ2n) is 12.1. The van der Waals surface area contributed by atoms with Crippen LogP contribution in [0.2, 0.25) is 0 Å². The summed E-state index contributed by atoms with van der Waals surface area (Å²) in [5, 5.41) is 14.6. The van der Waals surface area contributed by atoms with Crippen LogP contribution in [0.1, 0.15) is 58.8 Å². The molecule has 0 amide bonds. The highest BCUT2D eigenvalue weighted by atomic mass is 16.5. The molecule has 0 radical (unpaired) electrons. The summed E-state index contributed by atoms with van der Waals surface area (Å²) < 4.78 is 7.27. The third-order valence-corrected chi connectivity index (χ3v) is 8.96. The zero-order valence-electron chi connectivity index (χ0n) is 28.2. The number of ether oxygens (including phenoxy) is 1. The fraction of sp³-hybridized carbons (Fsp3) is 0.167. The van der Waals surface area contributed by atoms with Gasteiger partial charge in [-0.3, -0.25) is 0 Å². The molecule has 0 saturated carbocycles. The maximum absolute atomic E-state index is 12.7. The van der Waals surface area contributed by atoms with Crippen molar-refractivity contribution >= 4 is 5.97 Å². The molecule has 0 spiro atoms. The Morgan fingerprint density at radius 1 is 0.700 bits per heavy atom. The number of tetrazole rings is 1. The zero-order chi connectivity index (χ0) is 34.3. The quantitative estimate of drug-likeness (QED) is 0.0971. The Balaban J connectivity index is 1.27. The number of rotatable bonds is 12. The van der Waals surface area contributed by atoms with Gasteiger partial charge in [0.05, 0.1) is 12.8 Å². The number of hydrogen-bond donors (Lipinski definition) is 0. The smallest absolute Gasteiger partial charge is 0.356 e. The summed E-state index contributed by atoms with van der Waals surface area (Å²) in [4.78, 5) is 19.0. The van der Waals surface area contributed by atoms with Crippen LogP contribution in [0.25, 0.3) is 22.5 Å². The van der Waals surface area contributed by atoms with Crippen molar-refractivity contribution in [3.63, 3.8) is 0 Å². The Morgan fingerprint density at radius 2 is 1.26 bits per heavy atom. The molecule has 0 atom stereocenters. The van der Waals surface area contributed by atoms with Gasteiger partial charge in [-0.1, -0.05) is 146 Å². The molecular weight excluding hydrogens is 621 g/mol. The number of carbonyl (C=O) groups excluding carboxylic acids is 1. The second kappa shape index (κ2) is 14.5. The number of nitrogens with zero attached hydrogens (tertiary/aromatic N) is 6. The van der Waals surface area contributed by atoms with Gasteiger partial charge in [0.25, 0.3) is 0 Å². The summed E-state index contributed by atoms with van der Waals surface area (Å²) >= 11 is 0. The van der Waals surface area contributed by atoms with E-state index in [1.165, 1.54) is 0 Å². The van der Waals surface area contributed by atoms with Crippen LogP contribution in [0, 0.1) is 0 Å². The Morgan fingerprint density at radius 3 is 1.82 bits per heavy atom. The molecule has 0 aliphatic heterocycles. The van der Waals surface area contributed by atoms with E-state index in [0.29, 0.717) is 24.7 Å². The molecule has 248 valence electrons. The molecular formula is C42H38N6O2. The first kappa shape index (κ1) is 32.4. The molecule has 2 aromatic heterocycles. The van der Waals surface area contributed by atoms with E-state index in [9.17, 15) is 4.79 Å². The van der Waals surface area contributed by atoms with Gasteiger partial charge in [0.1, 0.15) is 11.5 Å². The number of hydrogen-bond acceptors (Lipinski definition) is 6. The Kier molecular flexibility index (Phi) is 9.42. The van der Waals surface area contributed by atoms with E-state index in [0.717, 1.165) is 57.6 Å². The van der Waals surface area contributed by atoms with E-state index in [1.54, 1.807) is 11.0 Å². The highest BCUT2D eigenvalue weighted by Gasteiger charge is 2.41. The number of aryl methyl sites for hydroxylation is 1. The summed E-state index contributed by atoms with van der Waals surface area (Å²) in [5.74, 6) is 1.04. The van der Waals surface area contributed by atoms with Crippen LogP contribution in [0.5, 0.6) is 0 Å². The predicted molar refractivity (Wildman–Crippen MR) is 195 cm³/mol. The van der Waals surface area contributed by atoms with Crippen molar-refractivity contribution in [2.45, 2.75) is 38.8 Å². The van der Waals surface area contributed by atoms with Crippen molar-refractivity contribution in [3.05, 3.63) is 179 Å².